The van der Waals surface area contributed by atoms with Gasteiger partial charge in [0.25, 0.3) is 5.91 Å². The summed E-state index contributed by atoms with van der Waals surface area (Å²) in [4.78, 5) is 15.0. The number of carbonyl (C=O) groups is 1. The molecule has 0 radical (unpaired) electrons. The van der Waals surface area contributed by atoms with Crippen LogP contribution in [0.25, 0.3) is 11.8 Å². The lowest BCUT2D eigenvalue weighted by Gasteiger charge is -2.18. The van der Waals surface area contributed by atoms with Gasteiger partial charge in [-0.05, 0) is 24.1 Å². The zero-order chi connectivity index (χ0) is 20.3. The molecule has 0 saturated heterocycles. The first-order valence-corrected chi connectivity index (χ1v) is 11.5. The van der Waals surface area contributed by atoms with Gasteiger partial charge in [0.1, 0.15) is 0 Å². The summed E-state index contributed by atoms with van der Waals surface area (Å²) in [5.74, 6) is 0.152. The van der Waals surface area contributed by atoms with E-state index in [0.29, 0.717) is 0 Å². The minimum Gasteiger partial charge on any atom is -0.308 e. The number of amides is 1. The molecule has 0 aromatic heterocycles. The molecule has 3 rings (SSSR count). The van der Waals surface area contributed by atoms with Crippen LogP contribution in [0.15, 0.2) is 54.6 Å². The number of nitrogens with zero attached hydrogens (tertiary/aromatic N) is 1. The number of unbranched alkanes of at least 4 members (excludes halogenated alkanes) is 9. The van der Waals surface area contributed by atoms with Gasteiger partial charge in [-0.2, -0.15) is 0 Å². The van der Waals surface area contributed by atoms with Crippen molar-refractivity contribution in [2.75, 3.05) is 6.54 Å². The van der Waals surface area contributed by atoms with Crippen LogP contribution in [-0.2, 0) is 0 Å². The van der Waals surface area contributed by atoms with Crippen molar-refractivity contribution in [3.63, 3.8) is 0 Å². The molecule has 1 aliphatic heterocycles. The third-order valence-electron chi connectivity index (χ3n) is 5.81. The van der Waals surface area contributed by atoms with E-state index in [1.54, 1.807) is 0 Å². The third-order valence-corrected chi connectivity index (χ3v) is 5.81. The van der Waals surface area contributed by atoms with Gasteiger partial charge in [0.05, 0.1) is 5.70 Å². The second-order valence-corrected chi connectivity index (χ2v) is 8.12. The van der Waals surface area contributed by atoms with Gasteiger partial charge in [-0.3, -0.25) is 4.79 Å². The van der Waals surface area contributed by atoms with Crippen LogP contribution in [0.4, 0.5) is 0 Å². The zero-order valence-electron chi connectivity index (χ0n) is 17.9. The lowest BCUT2D eigenvalue weighted by Crippen LogP contribution is -2.24. The molecular weight excluding hydrogens is 354 g/mol. The van der Waals surface area contributed by atoms with E-state index in [-0.39, 0.29) is 5.91 Å². The summed E-state index contributed by atoms with van der Waals surface area (Å²) in [5, 5.41) is 0. The van der Waals surface area contributed by atoms with Crippen LogP contribution in [0.2, 0.25) is 0 Å². The van der Waals surface area contributed by atoms with E-state index in [0.717, 1.165) is 35.4 Å². The van der Waals surface area contributed by atoms with Crippen LogP contribution < -0.4 is 0 Å². The molecular formula is C27H35NO. The van der Waals surface area contributed by atoms with Crippen LogP contribution in [-0.4, -0.2) is 17.4 Å². The second kappa shape index (κ2) is 11.6. The van der Waals surface area contributed by atoms with Crippen molar-refractivity contribution >= 4 is 17.7 Å². The number of hydrogen-bond donors (Lipinski definition) is 0. The molecule has 0 unspecified atom stereocenters. The number of fused-ring (bicyclic) bond motifs is 1. The summed E-state index contributed by atoms with van der Waals surface area (Å²) in [6, 6.07) is 18.3. The lowest BCUT2D eigenvalue weighted by molar-refractivity contribution is 0.0849. The van der Waals surface area contributed by atoms with E-state index in [1.165, 1.54) is 57.8 Å². The first kappa shape index (κ1) is 21.4. The highest BCUT2D eigenvalue weighted by Gasteiger charge is 2.31. The molecule has 2 aromatic carbocycles. The SMILES string of the molecule is CCCCCCCCCCCCN1C(=O)c2ccccc2/C1=C\c1ccccc1. The molecule has 0 saturated carbocycles. The van der Waals surface area contributed by atoms with Gasteiger partial charge in [0.2, 0.25) is 0 Å². The summed E-state index contributed by atoms with van der Waals surface area (Å²) in [6.45, 7) is 3.08. The maximum Gasteiger partial charge on any atom is 0.258 e. The number of rotatable bonds is 12. The maximum absolute atomic E-state index is 13.0. The first-order valence-electron chi connectivity index (χ1n) is 11.5. The summed E-state index contributed by atoms with van der Waals surface area (Å²) < 4.78 is 0. The Balaban J connectivity index is 1.52. The van der Waals surface area contributed by atoms with Gasteiger partial charge in [-0.25, -0.2) is 0 Å². The van der Waals surface area contributed by atoms with E-state index in [1.807, 2.05) is 41.3 Å². The normalized spacial score (nSPS) is 14.6. The quantitative estimate of drug-likeness (QED) is 0.343. The Hall–Kier alpha value is -2.35. The molecule has 2 aromatic rings. The first-order chi connectivity index (χ1) is 14.3. The highest BCUT2D eigenvalue weighted by atomic mass is 16.2. The topological polar surface area (TPSA) is 20.3 Å². The molecule has 1 aliphatic rings. The van der Waals surface area contributed by atoms with Crippen molar-refractivity contribution in [1.82, 2.24) is 4.90 Å². The van der Waals surface area contributed by atoms with Crippen LogP contribution in [0.5, 0.6) is 0 Å². The van der Waals surface area contributed by atoms with Crippen LogP contribution in [0.1, 0.15) is 92.6 Å². The van der Waals surface area contributed by atoms with Gasteiger partial charge >= 0.3 is 0 Å². The molecule has 29 heavy (non-hydrogen) atoms. The molecule has 0 fully saturated rings. The molecule has 0 spiro atoms. The van der Waals surface area contributed by atoms with Gasteiger partial charge in [-0.15, -0.1) is 0 Å². The summed E-state index contributed by atoms with van der Waals surface area (Å²) >= 11 is 0. The van der Waals surface area contributed by atoms with Crippen molar-refractivity contribution in [2.45, 2.75) is 71.1 Å². The van der Waals surface area contributed by atoms with Crippen molar-refractivity contribution in [1.29, 1.82) is 0 Å². The predicted octanol–water partition coefficient (Wildman–Crippen LogP) is 7.56. The van der Waals surface area contributed by atoms with Crippen LogP contribution in [0.3, 0.4) is 0 Å². The van der Waals surface area contributed by atoms with E-state index in [4.69, 9.17) is 0 Å². The van der Waals surface area contributed by atoms with E-state index in [2.05, 4.69) is 31.2 Å². The Morgan fingerprint density at radius 1 is 0.690 bits per heavy atom. The summed E-state index contributed by atoms with van der Waals surface area (Å²) in [5.41, 5.74) is 4.09. The molecule has 0 N–H and O–H groups in total. The Bertz CT molecular complexity index is 793. The third kappa shape index (κ3) is 6.06. The zero-order valence-corrected chi connectivity index (χ0v) is 17.9. The van der Waals surface area contributed by atoms with Gasteiger partial charge in [-0.1, -0.05) is 113 Å². The molecule has 1 amide bonds. The van der Waals surface area contributed by atoms with Crippen molar-refractivity contribution in [3.05, 3.63) is 71.3 Å². The van der Waals surface area contributed by atoms with Crippen molar-refractivity contribution < 1.29 is 4.79 Å². The Labute approximate surface area is 176 Å². The molecule has 2 nitrogen and oxygen atoms in total. The lowest BCUT2D eigenvalue weighted by atomic mass is 10.1. The highest BCUT2D eigenvalue weighted by Crippen LogP contribution is 2.34. The smallest absolute Gasteiger partial charge is 0.258 e. The Kier molecular flexibility index (Phi) is 8.55. The van der Waals surface area contributed by atoms with Crippen LogP contribution >= 0.6 is 0 Å². The molecule has 0 bridgehead atoms. The highest BCUT2D eigenvalue weighted by molar-refractivity contribution is 6.11. The van der Waals surface area contributed by atoms with E-state index in [9.17, 15) is 4.79 Å². The summed E-state index contributed by atoms with van der Waals surface area (Å²) in [6.07, 6.45) is 15.3. The number of carbonyl (C=O) groups excluding carboxylic acids is 1. The molecule has 0 atom stereocenters. The Morgan fingerprint density at radius 2 is 1.24 bits per heavy atom. The van der Waals surface area contributed by atoms with Gasteiger partial charge < -0.3 is 4.90 Å². The fourth-order valence-electron chi connectivity index (χ4n) is 4.14. The van der Waals surface area contributed by atoms with Crippen molar-refractivity contribution in [3.8, 4) is 0 Å². The second-order valence-electron chi connectivity index (χ2n) is 8.12. The number of hydrogen-bond acceptors (Lipinski definition) is 1. The Morgan fingerprint density at radius 3 is 1.90 bits per heavy atom. The number of benzene rings is 2. The molecule has 154 valence electrons. The summed E-state index contributed by atoms with van der Waals surface area (Å²) in [7, 11) is 0. The van der Waals surface area contributed by atoms with Gasteiger partial charge in [0.15, 0.2) is 0 Å². The average Bonchev–Trinajstić information content (AvgIpc) is 3.02. The predicted molar refractivity (Wildman–Crippen MR) is 124 cm³/mol. The van der Waals surface area contributed by atoms with Crippen LogP contribution in [0, 0.1) is 0 Å². The maximum atomic E-state index is 13.0. The fraction of sp³-hybridized carbons (Fsp3) is 0.444. The average molecular weight is 390 g/mol. The monoisotopic (exact) mass is 389 g/mol. The fourth-order valence-corrected chi connectivity index (χ4v) is 4.14. The van der Waals surface area contributed by atoms with Crippen molar-refractivity contribution in [2.24, 2.45) is 0 Å². The van der Waals surface area contributed by atoms with E-state index < -0.39 is 0 Å². The van der Waals surface area contributed by atoms with E-state index >= 15 is 0 Å². The molecule has 2 heteroatoms. The minimum atomic E-state index is 0.152. The molecule has 1 heterocycles. The standard InChI is InChI=1S/C27H35NO/c1-2-3-4-5-6-7-8-9-10-16-21-28-26(22-23-17-12-11-13-18-23)24-19-14-15-20-25(24)27(28)29/h11-15,17-20,22H,2-10,16,21H2,1H3/b26-22+. The minimum absolute atomic E-state index is 0.152. The molecule has 0 aliphatic carbocycles. The van der Waals surface area contributed by atoms with Gasteiger partial charge in [0, 0.05) is 17.7 Å². The largest absolute Gasteiger partial charge is 0.308 e.